The van der Waals surface area contributed by atoms with Crippen molar-refractivity contribution in [3.05, 3.63) is 41.7 Å². The minimum absolute atomic E-state index is 0.0834. The van der Waals surface area contributed by atoms with Crippen LogP contribution in [0.1, 0.15) is 31.9 Å². The van der Waals surface area contributed by atoms with Crippen LogP contribution in [-0.4, -0.2) is 17.1 Å². The van der Waals surface area contributed by atoms with Crippen molar-refractivity contribution in [3.8, 4) is 17.5 Å². The normalized spacial score (nSPS) is 11.3. The number of rotatable bonds is 4. The van der Waals surface area contributed by atoms with Crippen LogP contribution in [-0.2, 0) is 11.3 Å². The molecule has 21 heavy (non-hydrogen) atoms. The number of hydrogen-bond donors (Lipinski definition) is 0. The fraction of sp³-hybridized carbons (Fsp3) is 0.375. The third kappa shape index (κ3) is 3.85. The van der Waals surface area contributed by atoms with Crippen molar-refractivity contribution in [3.63, 3.8) is 0 Å². The fourth-order valence-corrected chi connectivity index (χ4v) is 2.01. The topological polar surface area (TPSA) is 44.2 Å². The zero-order chi connectivity index (χ0) is 15.5. The molecule has 0 aliphatic rings. The third-order valence-corrected chi connectivity index (χ3v) is 3.34. The summed E-state index contributed by atoms with van der Waals surface area (Å²) >= 11 is 5.72. The average molecular weight is 307 g/mol. The standard InChI is InChI=1S/C16H19ClN2O2/c1-16(2,3)13-7-12(20-4)5-6-14(13)21-15-18-9-11(8-17)10-19-15/h5-7,9-10H,8H2,1-4H3. The van der Waals surface area contributed by atoms with Crippen LogP contribution in [0.15, 0.2) is 30.6 Å². The lowest BCUT2D eigenvalue weighted by Crippen LogP contribution is -2.13. The van der Waals surface area contributed by atoms with Crippen LogP contribution in [0.5, 0.6) is 17.5 Å². The lowest BCUT2D eigenvalue weighted by molar-refractivity contribution is 0.401. The van der Waals surface area contributed by atoms with Crippen molar-refractivity contribution in [2.24, 2.45) is 0 Å². The molecular formula is C16H19ClN2O2. The smallest absolute Gasteiger partial charge is 0.321 e. The molecule has 1 aromatic heterocycles. The lowest BCUT2D eigenvalue weighted by Gasteiger charge is -2.22. The highest BCUT2D eigenvalue weighted by atomic mass is 35.5. The molecule has 0 fully saturated rings. The first-order valence-electron chi connectivity index (χ1n) is 6.67. The number of hydrogen-bond acceptors (Lipinski definition) is 4. The molecule has 0 atom stereocenters. The molecule has 4 nitrogen and oxygen atoms in total. The molecule has 0 unspecified atom stereocenters. The van der Waals surface area contributed by atoms with E-state index in [1.807, 2.05) is 18.2 Å². The second-order valence-electron chi connectivity index (χ2n) is 5.72. The molecule has 0 amide bonds. The summed E-state index contributed by atoms with van der Waals surface area (Å²) in [5, 5.41) is 0. The van der Waals surface area contributed by atoms with Crippen LogP contribution in [0.4, 0.5) is 0 Å². The van der Waals surface area contributed by atoms with Crippen LogP contribution in [0.25, 0.3) is 0 Å². The predicted octanol–water partition coefficient (Wildman–Crippen LogP) is 4.31. The second kappa shape index (κ2) is 6.31. The number of methoxy groups -OCH3 is 1. The van der Waals surface area contributed by atoms with Crippen LogP contribution in [0.2, 0.25) is 0 Å². The Labute approximate surface area is 130 Å². The number of benzene rings is 1. The van der Waals surface area contributed by atoms with Gasteiger partial charge < -0.3 is 9.47 Å². The largest absolute Gasteiger partial charge is 0.497 e. The highest BCUT2D eigenvalue weighted by Crippen LogP contribution is 2.35. The average Bonchev–Trinajstić information content (AvgIpc) is 2.47. The number of nitrogens with zero attached hydrogens (tertiary/aromatic N) is 2. The summed E-state index contributed by atoms with van der Waals surface area (Å²) in [7, 11) is 1.65. The monoisotopic (exact) mass is 306 g/mol. The van der Waals surface area contributed by atoms with Gasteiger partial charge in [0.15, 0.2) is 0 Å². The maximum Gasteiger partial charge on any atom is 0.321 e. The molecule has 5 heteroatoms. The molecule has 1 aromatic carbocycles. The second-order valence-corrected chi connectivity index (χ2v) is 5.99. The van der Waals surface area contributed by atoms with Gasteiger partial charge in [-0.1, -0.05) is 20.8 Å². The minimum Gasteiger partial charge on any atom is -0.497 e. The minimum atomic E-state index is -0.0834. The molecule has 0 aliphatic heterocycles. The Morgan fingerprint density at radius 1 is 1.14 bits per heavy atom. The van der Waals surface area contributed by atoms with E-state index in [9.17, 15) is 0 Å². The van der Waals surface area contributed by atoms with E-state index >= 15 is 0 Å². The summed E-state index contributed by atoms with van der Waals surface area (Å²) in [6, 6.07) is 6.01. The molecule has 2 rings (SSSR count). The van der Waals surface area contributed by atoms with Crippen molar-refractivity contribution in [2.45, 2.75) is 32.1 Å². The molecule has 0 N–H and O–H groups in total. The van der Waals surface area contributed by atoms with Gasteiger partial charge in [0.1, 0.15) is 11.5 Å². The molecule has 0 bridgehead atoms. The van der Waals surface area contributed by atoms with Crippen molar-refractivity contribution < 1.29 is 9.47 Å². The third-order valence-electron chi connectivity index (χ3n) is 3.03. The van der Waals surface area contributed by atoms with Gasteiger partial charge in [-0.15, -0.1) is 11.6 Å². The SMILES string of the molecule is COc1ccc(Oc2ncc(CCl)cn2)c(C(C)(C)C)c1. The Kier molecular flexibility index (Phi) is 4.68. The van der Waals surface area contributed by atoms with E-state index in [1.165, 1.54) is 0 Å². The van der Waals surface area contributed by atoms with Gasteiger partial charge in [0, 0.05) is 23.5 Å². The van der Waals surface area contributed by atoms with Gasteiger partial charge in [-0.05, 0) is 23.6 Å². The quantitative estimate of drug-likeness (QED) is 0.789. The molecule has 0 radical (unpaired) electrons. The Hall–Kier alpha value is -1.81. The molecule has 0 saturated carbocycles. The van der Waals surface area contributed by atoms with E-state index in [2.05, 4.69) is 30.7 Å². The molecule has 0 saturated heterocycles. The van der Waals surface area contributed by atoms with Crippen molar-refractivity contribution in [1.29, 1.82) is 0 Å². The summed E-state index contributed by atoms with van der Waals surface area (Å²) in [6.07, 6.45) is 3.32. The van der Waals surface area contributed by atoms with Gasteiger partial charge in [-0.2, -0.15) is 0 Å². The number of aromatic nitrogens is 2. The number of alkyl halides is 1. The maximum atomic E-state index is 5.81. The van der Waals surface area contributed by atoms with Gasteiger partial charge in [0.2, 0.25) is 0 Å². The molecule has 0 spiro atoms. The first-order valence-corrected chi connectivity index (χ1v) is 7.20. The number of ether oxygens (including phenoxy) is 2. The van der Waals surface area contributed by atoms with Crippen molar-refractivity contribution in [2.75, 3.05) is 7.11 Å². The zero-order valence-electron chi connectivity index (χ0n) is 12.7. The van der Waals surface area contributed by atoms with E-state index in [0.29, 0.717) is 11.9 Å². The Bertz CT molecular complexity index is 607. The van der Waals surface area contributed by atoms with E-state index in [-0.39, 0.29) is 5.41 Å². The maximum absolute atomic E-state index is 5.81. The van der Waals surface area contributed by atoms with Crippen molar-refractivity contribution >= 4 is 11.6 Å². The molecule has 0 aliphatic carbocycles. The van der Waals surface area contributed by atoms with Crippen molar-refractivity contribution in [1.82, 2.24) is 9.97 Å². The van der Waals surface area contributed by atoms with Crippen LogP contribution in [0.3, 0.4) is 0 Å². The van der Waals surface area contributed by atoms with E-state index in [0.717, 1.165) is 22.6 Å². The Balaban J connectivity index is 2.34. The fourth-order valence-electron chi connectivity index (χ4n) is 1.87. The number of halogens is 1. The van der Waals surface area contributed by atoms with Gasteiger partial charge in [-0.3, -0.25) is 0 Å². The molecular weight excluding hydrogens is 288 g/mol. The van der Waals surface area contributed by atoms with E-state index in [4.69, 9.17) is 21.1 Å². The molecule has 1 heterocycles. The molecule has 112 valence electrons. The van der Waals surface area contributed by atoms with Crippen LogP contribution in [0, 0.1) is 0 Å². The summed E-state index contributed by atoms with van der Waals surface area (Å²) < 4.78 is 11.1. The Morgan fingerprint density at radius 2 is 1.81 bits per heavy atom. The van der Waals surface area contributed by atoms with E-state index in [1.54, 1.807) is 19.5 Å². The summed E-state index contributed by atoms with van der Waals surface area (Å²) in [5.41, 5.74) is 1.81. The van der Waals surface area contributed by atoms with Crippen LogP contribution < -0.4 is 9.47 Å². The summed E-state index contributed by atoms with van der Waals surface area (Å²) in [6.45, 7) is 6.35. The highest BCUT2D eigenvalue weighted by molar-refractivity contribution is 6.17. The van der Waals surface area contributed by atoms with Crippen LogP contribution >= 0.6 is 11.6 Å². The highest BCUT2D eigenvalue weighted by Gasteiger charge is 2.21. The first kappa shape index (κ1) is 15.6. The van der Waals surface area contributed by atoms with E-state index < -0.39 is 0 Å². The Morgan fingerprint density at radius 3 is 2.33 bits per heavy atom. The van der Waals surface area contributed by atoms with Gasteiger partial charge in [0.05, 0.1) is 13.0 Å². The lowest BCUT2D eigenvalue weighted by atomic mass is 9.86. The van der Waals surface area contributed by atoms with Gasteiger partial charge in [0.25, 0.3) is 0 Å². The van der Waals surface area contributed by atoms with Gasteiger partial charge in [-0.25, -0.2) is 9.97 Å². The summed E-state index contributed by atoms with van der Waals surface area (Å²) in [5.74, 6) is 1.91. The molecule has 2 aromatic rings. The summed E-state index contributed by atoms with van der Waals surface area (Å²) in [4.78, 5) is 8.32. The first-order chi connectivity index (χ1) is 9.94. The predicted molar refractivity (Wildman–Crippen MR) is 83.4 cm³/mol. The van der Waals surface area contributed by atoms with Gasteiger partial charge >= 0.3 is 6.01 Å². The zero-order valence-corrected chi connectivity index (χ0v) is 13.4.